The van der Waals surface area contributed by atoms with Gasteiger partial charge in [-0.1, -0.05) is 150 Å². The van der Waals surface area contributed by atoms with Gasteiger partial charge in [-0.25, -0.2) is 9.59 Å². The molecule has 1 N–H and O–H groups in total. The summed E-state index contributed by atoms with van der Waals surface area (Å²) in [4.78, 5) is 53.2. The Morgan fingerprint density at radius 2 is 0.938 bits per heavy atom. The number of carbonyl (C=O) groups is 4. The number of methoxy groups -OCH3 is 1. The molecule has 450 valence electrons. The second-order valence-corrected chi connectivity index (χ2v) is 21.4. The average Bonchev–Trinajstić information content (AvgIpc) is 4.27. The molecule has 4 rings (SSSR count). The molecule has 1 saturated carbocycles. The number of esters is 4. The Balaban J connectivity index is 1.55. The van der Waals surface area contributed by atoms with Crippen molar-refractivity contribution in [1.29, 1.82) is 0 Å². The van der Waals surface area contributed by atoms with E-state index in [2.05, 4.69) is 34.6 Å². The van der Waals surface area contributed by atoms with Crippen molar-refractivity contribution in [3.05, 3.63) is 77.4 Å². The summed E-state index contributed by atoms with van der Waals surface area (Å²) in [6, 6.07) is 13.6. The predicted octanol–water partition coefficient (Wildman–Crippen LogP) is 16.1. The number of benzene rings is 3. The molecule has 2 atom stereocenters. The molecule has 1 aliphatic rings. The molecule has 81 heavy (non-hydrogen) atoms. The first-order valence-electron chi connectivity index (χ1n) is 30.7. The summed E-state index contributed by atoms with van der Waals surface area (Å²) >= 11 is 0. The molecular formula is C67H98O14. The van der Waals surface area contributed by atoms with Crippen molar-refractivity contribution in [1.82, 2.24) is 0 Å². The number of hydrogen-bond donors (Lipinski definition) is 1. The Bertz CT molecular complexity index is 2350. The minimum Gasteiger partial charge on any atom is -0.490 e. The zero-order valence-corrected chi connectivity index (χ0v) is 50.3. The molecule has 0 bridgehead atoms. The first-order chi connectivity index (χ1) is 39.5. The Kier molecular flexibility index (Phi) is 32.8. The van der Waals surface area contributed by atoms with Crippen LogP contribution in [0, 0.1) is 11.3 Å². The lowest BCUT2D eigenvalue weighted by Crippen LogP contribution is -2.26. The Hall–Kier alpha value is -6.02. The van der Waals surface area contributed by atoms with Gasteiger partial charge in [-0.2, -0.15) is 0 Å². The highest BCUT2D eigenvalue weighted by Gasteiger charge is 2.52. The van der Waals surface area contributed by atoms with Crippen LogP contribution in [0.15, 0.2) is 60.7 Å². The van der Waals surface area contributed by atoms with Crippen LogP contribution in [0.25, 0.3) is 12.2 Å². The zero-order chi connectivity index (χ0) is 58.5. The van der Waals surface area contributed by atoms with E-state index in [1.807, 2.05) is 18.2 Å². The Labute approximate surface area is 485 Å². The summed E-state index contributed by atoms with van der Waals surface area (Å²) < 4.78 is 55.0. The first kappa shape index (κ1) is 67.5. The van der Waals surface area contributed by atoms with Crippen LogP contribution in [0.4, 0.5) is 0 Å². The molecule has 0 saturated heterocycles. The van der Waals surface area contributed by atoms with E-state index >= 15 is 0 Å². The molecule has 14 heteroatoms. The number of hydrogen-bond acceptors (Lipinski definition) is 14. The van der Waals surface area contributed by atoms with E-state index < -0.39 is 35.3 Å². The van der Waals surface area contributed by atoms with Gasteiger partial charge in [0.1, 0.15) is 17.6 Å². The second-order valence-electron chi connectivity index (χ2n) is 21.4. The van der Waals surface area contributed by atoms with E-state index in [1.54, 1.807) is 49.4 Å². The van der Waals surface area contributed by atoms with Gasteiger partial charge in [-0.15, -0.1) is 0 Å². The van der Waals surface area contributed by atoms with Crippen LogP contribution < -0.4 is 33.2 Å². The van der Waals surface area contributed by atoms with Gasteiger partial charge in [0.05, 0.1) is 51.5 Å². The molecule has 1 fully saturated rings. The van der Waals surface area contributed by atoms with E-state index in [9.17, 15) is 24.3 Å². The van der Waals surface area contributed by atoms with Crippen LogP contribution in [-0.2, 0) is 28.7 Å². The summed E-state index contributed by atoms with van der Waals surface area (Å²) in [7, 11) is 1.36. The number of ether oxygens (including phenoxy) is 9. The number of aliphatic hydroxyl groups is 1. The molecule has 3 aromatic rings. The van der Waals surface area contributed by atoms with E-state index in [4.69, 9.17) is 42.6 Å². The Morgan fingerprint density at radius 3 is 1.37 bits per heavy atom. The van der Waals surface area contributed by atoms with Crippen molar-refractivity contribution < 1.29 is 66.9 Å². The highest BCUT2D eigenvalue weighted by Crippen LogP contribution is 2.52. The third-order valence-corrected chi connectivity index (χ3v) is 14.4. The number of unbranched alkanes of at least 4 members (excludes halogenated alkanes) is 15. The first-order valence-corrected chi connectivity index (χ1v) is 30.7. The van der Waals surface area contributed by atoms with Crippen molar-refractivity contribution in [2.75, 3.05) is 46.8 Å². The highest BCUT2D eigenvalue weighted by molar-refractivity contribution is 5.90. The molecular weight excluding hydrogens is 1030 g/mol. The molecule has 3 aromatic carbocycles. The lowest BCUT2D eigenvalue weighted by atomic mass is 9.93. The molecule has 0 heterocycles. The fraction of sp³-hybridized carbons (Fsp3) is 0.612. The van der Waals surface area contributed by atoms with Crippen molar-refractivity contribution in [3.8, 4) is 40.2 Å². The van der Waals surface area contributed by atoms with Crippen molar-refractivity contribution in [2.45, 2.75) is 208 Å². The SMILES string of the molecule is CCCCCCOc1ccc(/C=C/C(=O)Oc2ccc(OC(=O)/C=C/c3ccc(C(CCCO)OC(=O)C(C)CC4(C(=O)OC)CC4)c(OCCCCCC)c3OCCCCCC)cc2)c(OCCCCCC)c1OCCCCCC. The maximum Gasteiger partial charge on any atom is 0.336 e. The van der Waals surface area contributed by atoms with Crippen LogP contribution in [0.2, 0.25) is 0 Å². The van der Waals surface area contributed by atoms with Gasteiger partial charge in [-0.3, -0.25) is 9.59 Å². The zero-order valence-electron chi connectivity index (χ0n) is 50.3. The Morgan fingerprint density at radius 1 is 0.519 bits per heavy atom. The second kappa shape index (κ2) is 39.4. The summed E-state index contributed by atoms with van der Waals surface area (Å²) in [5.41, 5.74) is 1.13. The smallest absolute Gasteiger partial charge is 0.336 e. The lowest BCUT2D eigenvalue weighted by Gasteiger charge is -2.26. The number of rotatable bonds is 45. The molecule has 0 spiro atoms. The molecule has 2 unspecified atom stereocenters. The average molecular weight is 1130 g/mol. The molecule has 1 aliphatic carbocycles. The van der Waals surface area contributed by atoms with Crippen LogP contribution in [0.1, 0.15) is 225 Å². The van der Waals surface area contributed by atoms with Gasteiger partial charge in [0.25, 0.3) is 0 Å². The van der Waals surface area contributed by atoms with E-state index in [0.29, 0.717) is 111 Å². The topological polar surface area (TPSA) is 172 Å². The quantitative estimate of drug-likeness (QED) is 0.0245. The predicted molar refractivity (Wildman–Crippen MR) is 319 cm³/mol. The van der Waals surface area contributed by atoms with Crippen molar-refractivity contribution in [3.63, 3.8) is 0 Å². The summed E-state index contributed by atoms with van der Waals surface area (Å²) in [6.07, 6.45) is 27.9. The maximum atomic E-state index is 13.8. The van der Waals surface area contributed by atoms with Crippen molar-refractivity contribution in [2.24, 2.45) is 11.3 Å². The summed E-state index contributed by atoms with van der Waals surface area (Å²) in [5, 5.41) is 9.96. The fourth-order valence-electron chi connectivity index (χ4n) is 9.42. The van der Waals surface area contributed by atoms with Crippen LogP contribution in [-0.4, -0.2) is 75.7 Å². The van der Waals surface area contributed by atoms with Crippen molar-refractivity contribution >= 4 is 36.0 Å². The summed E-state index contributed by atoms with van der Waals surface area (Å²) in [5.74, 6) is 0.385. The highest BCUT2D eigenvalue weighted by atomic mass is 16.6. The largest absolute Gasteiger partial charge is 0.490 e. The molecule has 0 amide bonds. The van der Waals surface area contributed by atoms with Gasteiger partial charge in [0, 0.05) is 35.4 Å². The van der Waals surface area contributed by atoms with E-state index in [0.717, 1.165) is 128 Å². The normalized spacial score (nSPS) is 13.4. The van der Waals surface area contributed by atoms with Gasteiger partial charge >= 0.3 is 23.9 Å². The molecule has 0 aromatic heterocycles. The van der Waals surface area contributed by atoms with Crippen LogP contribution in [0.5, 0.6) is 40.2 Å². The maximum absolute atomic E-state index is 13.8. The minimum absolute atomic E-state index is 0.115. The lowest BCUT2D eigenvalue weighted by molar-refractivity contribution is -0.157. The molecule has 14 nitrogen and oxygen atoms in total. The molecule has 0 aliphatic heterocycles. The van der Waals surface area contributed by atoms with Gasteiger partial charge in [0.2, 0.25) is 5.75 Å². The van der Waals surface area contributed by atoms with Crippen LogP contribution >= 0.6 is 0 Å². The van der Waals surface area contributed by atoms with Gasteiger partial charge in [-0.05, 0) is 113 Å². The number of carbonyl (C=O) groups excluding carboxylic acids is 4. The van der Waals surface area contributed by atoms with Gasteiger partial charge < -0.3 is 47.7 Å². The molecule has 0 radical (unpaired) electrons. The number of aliphatic hydroxyl groups excluding tert-OH is 1. The monoisotopic (exact) mass is 1130 g/mol. The van der Waals surface area contributed by atoms with E-state index in [-0.39, 0.29) is 24.1 Å². The minimum atomic E-state index is -0.799. The third kappa shape index (κ3) is 24.5. The summed E-state index contributed by atoms with van der Waals surface area (Å²) in [6.45, 7) is 14.8. The fourth-order valence-corrected chi connectivity index (χ4v) is 9.42. The van der Waals surface area contributed by atoms with Gasteiger partial charge in [0.15, 0.2) is 23.0 Å². The standard InChI is InChI=1S/C67H98O14/c1-8-13-18-23-45-74-58-39-31-53(62(76-47-25-20-15-10-3)64(58)78-49-27-22-17-12-5)33-41-60(70)80-55-36-34-54(35-37-55)79-59(69)40-32-52-30-38-56(63(77-48-26-21-16-11-4)61(52)75-46-24-19-14-9-2)57(29-28-44-68)81-65(71)51(6)50-67(42-43-67)66(72)73-7/h30-41,51,57,68H,8-29,42-50H2,1-7H3/b40-32+,41-33+. The third-order valence-electron chi connectivity index (χ3n) is 14.4. The van der Waals surface area contributed by atoms with Crippen LogP contribution in [0.3, 0.4) is 0 Å². The van der Waals surface area contributed by atoms with E-state index in [1.165, 1.54) is 19.3 Å².